The highest BCUT2D eigenvalue weighted by Crippen LogP contribution is 2.31. The van der Waals surface area contributed by atoms with Gasteiger partial charge in [-0.2, -0.15) is 0 Å². The lowest BCUT2D eigenvalue weighted by atomic mass is 9.86. The van der Waals surface area contributed by atoms with Crippen molar-refractivity contribution in [3.8, 4) is 0 Å². The van der Waals surface area contributed by atoms with Crippen LogP contribution in [0.5, 0.6) is 0 Å². The van der Waals surface area contributed by atoms with Crippen LogP contribution in [0.3, 0.4) is 0 Å². The quantitative estimate of drug-likeness (QED) is 0.935. The molecule has 102 valence electrons. The predicted molar refractivity (Wildman–Crippen MR) is 80.3 cm³/mol. The number of benzene rings is 1. The lowest BCUT2D eigenvalue weighted by Gasteiger charge is -2.23. The molecule has 2 rings (SSSR count). The van der Waals surface area contributed by atoms with Gasteiger partial charge in [-0.1, -0.05) is 45.0 Å². The van der Waals surface area contributed by atoms with E-state index in [0.717, 1.165) is 5.56 Å². The molecule has 0 aliphatic heterocycles. The molecule has 0 saturated carbocycles. The molecule has 2 aromatic rings. The molecule has 3 nitrogen and oxygen atoms in total. The average molecular weight is 295 g/mol. The van der Waals surface area contributed by atoms with Crippen LogP contribution in [0.1, 0.15) is 26.3 Å². The maximum Gasteiger partial charge on any atom is 0.271 e. The number of hydrogen-bond donors (Lipinski definition) is 1. The third-order valence-electron chi connectivity index (χ3n) is 2.74. The van der Waals surface area contributed by atoms with Gasteiger partial charge < -0.3 is 0 Å². The molecule has 19 heavy (non-hydrogen) atoms. The molecule has 0 spiro atoms. The fourth-order valence-electron chi connectivity index (χ4n) is 1.84. The van der Waals surface area contributed by atoms with E-state index in [-0.39, 0.29) is 5.41 Å². The number of nitrogens with one attached hydrogen (secondary N) is 1. The second kappa shape index (κ2) is 4.98. The second-order valence-electron chi connectivity index (χ2n) is 5.33. The maximum atomic E-state index is 12.2. The van der Waals surface area contributed by atoms with Crippen molar-refractivity contribution in [2.75, 3.05) is 4.72 Å². The van der Waals surface area contributed by atoms with Gasteiger partial charge in [-0.3, -0.25) is 4.72 Å². The van der Waals surface area contributed by atoms with E-state index in [1.165, 1.54) is 11.3 Å². The van der Waals surface area contributed by atoms with Crippen molar-refractivity contribution < 1.29 is 8.42 Å². The molecular formula is C14H17NO2S2. The molecule has 0 fully saturated rings. The molecular weight excluding hydrogens is 278 g/mol. The third-order valence-corrected chi connectivity index (χ3v) is 5.50. The Bertz CT molecular complexity index is 653. The standard InChI is InChI=1S/C14H17NO2S2/c1-14(2,3)11-7-4-5-8-12(11)15-19(16,17)13-9-6-10-18-13/h4-10,15H,1-3H3. The fraction of sp³-hybridized carbons (Fsp3) is 0.286. The monoisotopic (exact) mass is 295 g/mol. The number of rotatable bonds is 3. The van der Waals surface area contributed by atoms with E-state index < -0.39 is 10.0 Å². The SMILES string of the molecule is CC(C)(C)c1ccccc1NS(=O)(=O)c1cccs1. The van der Waals surface area contributed by atoms with Crippen molar-refractivity contribution >= 4 is 27.0 Å². The van der Waals surface area contributed by atoms with Gasteiger partial charge in [-0.05, 0) is 28.5 Å². The highest BCUT2D eigenvalue weighted by atomic mass is 32.2. The summed E-state index contributed by atoms with van der Waals surface area (Å²) in [5.41, 5.74) is 1.51. The molecule has 0 radical (unpaired) electrons. The van der Waals surface area contributed by atoms with Gasteiger partial charge in [0.05, 0.1) is 5.69 Å². The Morgan fingerprint density at radius 1 is 1.05 bits per heavy atom. The Morgan fingerprint density at radius 3 is 2.32 bits per heavy atom. The summed E-state index contributed by atoms with van der Waals surface area (Å²) in [6.45, 7) is 6.18. The molecule has 1 aromatic carbocycles. The van der Waals surface area contributed by atoms with Gasteiger partial charge in [-0.25, -0.2) is 8.42 Å². The lowest BCUT2D eigenvalue weighted by molar-refractivity contribution is 0.590. The third kappa shape index (κ3) is 3.16. The summed E-state index contributed by atoms with van der Waals surface area (Å²) in [5, 5.41) is 1.75. The van der Waals surface area contributed by atoms with E-state index in [1.54, 1.807) is 23.6 Å². The lowest BCUT2D eigenvalue weighted by Crippen LogP contribution is -2.18. The van der Waals surface area contributed by atoms with Gasteiger partial charge in [0.25, 0.3) is 10.0 Å². The molecule has 5 heteroatoms. The Morgan fingerprint density at radius 2 is 1.74 bits per heavy atom. The first-order valence-corrected chi connectivity index (χ1v) is 8.33. The van der Waals surface area contributed by atoms with Crippen LogP contribution in [0.15, 0.2) is 46.0 Å². The Kier molecular flexibility index (Phi) is 3.69. The minimum absolute atomic E-state index is 0.117. The molecule has 0 aliphatic carbocycles. The smallest absolute Gasteiger partial charge is 0.271 e. The molecule has 0 amide bonds. The normalized spacial score (nSPS) is 12.4. The summed E-state index contributed by atoms with van der Waals surface area (Å²) in [6.07, 6.45) is 0. The Balaban J connectivity index is 2.40. The fourth-order valence-corrected chi connectivity index (χ4v) is 3.91. The van der Waals surface area contributed by atoms with E-state index in [4.69, 9.17) is 0 Å². The number of thiophene rings is 1. The molecule has 1 aromatic heterocycles. The number of para-hydroxylation sites is 1. The first-order valence-electron chi connectivity index (χ1n) is 5.96. The van der Waals surface area contributed by atoms with Crippen molar-refractivity contribution in [1.82, 2.24) is 0 Å². The maximum absolute atomic E-state index is 12.2. The summed E-state index contributed by atoms with van der Waals surface area (Å²) in [5.74, 6) is 0. The highest BCUT2D eigenvalue weighted by molar-refractivity contribution is 7.94. The van der Waals surface area contributed by atoms with E-state index in [1.807, 2.05) is 18.2 Å². The van der Waals surface area contributed by atoms with E-state index in [2.05, 4.69) is 25.5 Å². The Hall–Kier alpha value is -1.33. The molecule has 0 unspecified atom stereocenters. The van der Waals surface area contributed by atoms with Crippen LogP contribution in [-0.4, -0.2) is 8.42 Å². The van der Waals surface area contributed by atoms with Crippen molar-refractivity contribution in [2.24, 2.45) is 0 Å². The topological polar surface area (TPSA) is 46.2 Å². The molecule has 0 saturated heterocycles. The number of sulfonamides is 1. The summed E-state index contributed by atoms with van der Waals surface area (Å²) < 4.78 is 27.5. The molecule has 0 bridgehead atoms. The molecule has 0 atom stereocenters. The van der Waals surface area contributed by atoms with Gasteiger partial charge in [0.15, 0.2) is 0 Å². The van der Waals surface area contributed by atoms with Crippen LogP contribution >= 0.6 is 11.3 Å². The zero-order chi connectivity index (χ0) is 14.1. The summed E-state index contributed by atoms with van der Waals surface area (Å²) in [7, 11) is -3.48. The Labute approximate surface area is 118 Å². The van der Waals surface area contributed by atoms with Crippen LogP contribution in [0, 0.1) is 0 Å². The van der Waals surface area contributed by atoms with Crippen molar-refractivity contribution in [2.45, 2.75) is 30.4 Å². The summed E-state index contributed by atoms with van der Waals surface area (Å²) in [6, 6.07) is 10.8. The summed E-state index contributed by atoms with van der Waals surface area (Å²) >= 11 is 1.21. The van der Waals surface area contributed by atoms with E-state index >= 15 is 0 Å². The van der Waals surface area contributed by atoms with Crippen LogP contribution in [0.4, 0.5) is 5.69 Å². The van der Waals surface area contributed by atoms with Gasteiger partial charge >= 0.3 is 0 Å². The van der Waals surface area contributed by atoms with Crippen LogP contribution in [0.2, 0.25) is 0 Å². The first-order chi connectivity index (χ1) is 8.81. The average Bonchev–Trinajstić information content (AvgIpc) is 2.81. The zero-order valence-corrected chi connectivity index (χ0v) is 12.8. The van der Waals surface area contributed by atoms with Crippen molar-refractivity contribution in [1.29, 1.82) is 0 Å². The molecule has 0 aliphatic rings. The highest BCUT2D eigenvalue weighted by Gasteiger charge is 2.21. The van der Waals surface area contributed by atoms with Crippen molar-refractivity contribution in [3.63, 3.8) is 0 Å². The van der Waals surface area contributed by atoms with E-state index in [9.17, 15) is 8.42 Å². The second-order valence-corrected chi connectivity index (χ2v) is 8.19. The largest absolute Gasteiger partial charge is 0.279 e. The van der Waals surface area contributed by atoms with Gasteiger partial charge in [0.1, 0.15) is 4.21 Å². The van der Waals surface area contributed by atoms with Crippen LogP contribution < -0.4 is 4.72 Å². The predicted octanol–water partition coefficient (Wildman–Crippen LogP) is 3.85. The molecule has 1 N–H and O–H groups in total. The van der Waals surface area contributed by atoms with Crippen LogP contribution in [-0.2, 0) is 15.4 Å². The van der Waals surface area contributed by atoms with Crippen LogP contribution in [0.25, 0.3) is 0 Å². The van der Waals surface area contributed by atoms with E-state index in [0.29, 0.717) is 9.90 Å². The molecule has 1 heterocycles. The minimum Gasteiger partial charge on any atom is -0.279 e. The number of hydrogen-bond acceptors (Lipinski definition) is 3. The van der Waals surface area contributed by atoms with Gasteiger partial charge in [0.2, 0.25) is 0 Å². The minimum atomic E-state index is -3.48. The number of anilines is 1. The first kappa shape index (κ1) is 14.1. The summed E-state index contributed by atoms with van der Waals surface area (Å²) in [4.78, 5) is 0. The van der Waals surface area contributed by atoms with Gasteiger partial charge in [0, 0.05) is 0 Å². The van der Waals surface area contributed by atoms with Crippen molar-refractivity contribution in [3.05, 3.63) is 47.3 Å². The zero-order valence-electron chi connectivity index (χ0n) is 11.2. The van der Waals surface area contributed by atoms with Gasteiger partial charge in [-0.15, -0.1) is 11.3 Å².